The molecule has 0 unspecified atom stereocenters. The number of hydrogen-bond acceptors (Lipinski definition) is 3. The topological polar surface area (TPSA) is 76.3 Å². The van der Waals surface area contributed by atoms with Gasteiger partial charge in [-0.05, 0) is 74.8 Å². The standard InChI is InChI=1S/C45H28N4Si/c46-29-32-23-25-43-40(27-32)38-20-10-11-22-42(38)49(43)44-26-24-33(30-47)28-41(44)39-21-12-13-34(31-48)45(39)50(35-14-4-1-5-15-35,36-16-6-2-7-17-36)37-18-8-3-9-19-37/h1-28H. The van der Waals surface area contributed by atoms with Gasteiger partial charge >= 0.3 is 0 Å². The molecule has 0 bridgehead atoms. The zero-order valence-electron chi connectivity index (χ0n) is 27.0. The number of benzene rings is 7. The van der Waals surface area contributed by atoms with E-state index >= 15 is 0 Å². The van der Waals surface area contributed by atoms with Crippen LogP contribution in [0.2, 0.25) is 0 Å². The Morgan fingerprint density at radius 1 is 0.420 bits per heavy atom. The minimum Gasteiger partial charge on any atom is -0.309 e. The predicted octanol–water partition coefficient (Wildman–Crippen LogP) is 7.44. The van der Waals surface area contributed by atoms with Crippen molar-refractivity contribution >= 4 is 50.6 Å². The summed E-state index contributed by atoms with van der Waals surface area (Å²) in [5.41, 5.74) is 6.28. The van der Waals surface area contributed by atoms with Gasteiger partial charge in [0.1, 0.15) is 0 Å². The molecule has 0 radical (unpaired) electrons. The fourth-order valence-electron chi connectivity index (χ4n) is 7.59. The normalized spacial score (nSPS) is 11.1. The summed E-state index contributed by atoms with van der Waals surface area (Å²) in [7, 11) is -3.20. The van der Waals surface area contributed by atoms with E-state index in [9.17, 15) is 15.8 Å². The minimum atomic E-state index is -3.20. The average molecular weight is 653 g/mol. The second-order valence-corrected chi connectivity index (χ2v) is 16.0. The van der Waals surface area contributed by atoms with Crippen LogP contribution >= 0.6 is 0 Å². The minimum absolute atomic E-state index is 0.524. The Balaban J connectivity index is 1.56. The molecule has 0 atom stereocenters. The fourth-order valence-corrected chi connectivity index (χ4v) is 12.7. The van der Waals surface area contributed by atoms with Crippen LogP contribution in [-0.4, -0.2) is 12.6 Å². The van der Waals surface area contributed by atoms with Crippen LogP contribution in [0, 0.1) is 34.0 Å². The van der Waals surface area contributed by atoms with Crippen molar-refractivity contribution < 1.29 is 0 Å². The summed E-state index contributed by atoms with van der Waals surface area (Å²) in [6, 6.07) is 64.8. The van der Waals surface area contributed by atoms with Gasteiger partial charge in [0, 0.05) is 16.3 Å². The van der Waals surface area contributed by atoms with Gasteiger partial charge in [-0.25, -0.2) is 0 Å². The molecule has 232 valence electrons. The summed E-state index contributed by atoms with van der Waals surface area (Å²) < 4.78 is 2.22. The monoisotopic (exact) mass is 652 g/mol. The second-order valence-electron chi connectivity index (χ2n) is 12.2. The molecule has 0 aliphatic carbocycles. The summed E-state index contributed by atoms with van der Waals surface area (Å²) in [4.78, 5) is 0. The molecular formula is C45H28N4Si. The van der Waals surface area contributed by atoms with Gasteiger partial charge < -0.3 is 4.57 Å². The molecule has 8 rings (SSSR count). The number of hydrogen-bond donors (Lipinski definition) is 0. The highest BCUT2D eigenvalue weighted by Crippen LogP contribution is 2.37. The molecule has 0 saturated heterocycles. The van der Waals surface area contributed by atoms with E-state index in [1.165, 1.54) is 0 Å². The SMILES string of the molecule is N#Cc1ccc(-n2c3ccccc3c3cc(C#N)ccc32)c(-c2cccc(C#N)c2[Si](c2ccccc2)(c2ccccc2)c2ccccc2)c1. The number of nitriles is 3. The third kappa shape index (κ3) is 4.72. The molecule has 1 aromatic heterocycles. The molecule has 5 heteroatoms. The van der Waals surface area contributed by atoms with Gasteiger partial charge in [0.25, 0.3) is 0 Å². The van der Waals surface area contributed by atoms with Gasteiger partial charge in [-0.15, -0.1) is 0 Å². The molecule has 0 fully saturated rings. The van der Waals surface area contributed by atoms with Gasteiger partial charge in [-0.1, -0.05) is 121 Å². The molecule has 0 aliphatic rings. The van der Waals surface area contributed by atoms with Crippen molar-refractivity contribution in [3.8, 4) is 35.0 Å². The van der Waals surface area contributed by atoms with Crippen LogP contribution in [0.4, 0.5) is 0 Å². The van der Waals surface area contributed by atoms with Gasteiger partial charge in [-0.2, -0.15) is 15.8 Å². The van der Waals surface area contributed by atoms with Crippen LogP contribution in [0.5, 0.6) is 0 Å². The van der Waals surface area contributed by atoms with Crippen molar-refractivity contribution in [3.05, 3.63) is 187 Å². The number of aromatic nitrogens is 1. The molecule has 4 nitrogen and oxygen atoms in total. The Labute approximate surface area is 291 Å². The van der Waals surface area contributed by atoms with Crippen LogP contribution in [0.1, 0.15) is 16.7 Å². The Hall–Kier alpha value is -6.97. The van der Waals surface area contributed by atoms with Gasteiger partial charge in [0.15, 0.2) is 8.07 Å². The lowest BCUT2D eigenvalue weighted by Crippen LogP contribution is -2.75. The summed E-state index contributed by atoms with van der Waals surface area (Å²) >= 11 is 0. The van der Waals surface area contributed by atoms with Gasteiger partial charge in [0.2, 0.25) is 0 Å². The lowest BCUT2D eigenvalue weighted by atomic mass is 9.98. The highest BCUT2D eigenvalue weighted by Gasteiger charge is 2.45. The number of nitrogens with zero attached hydrogens (tertiary/aromatic N) is 4. The molecule has 7 aromatic carbocycles. The van der Waals surface area contributed by atoms with E-state index < -0.39 is 8.07 Å². The first-order valence-corrected chi connectivity index (χ1v) is 18.4. The lowest BCUT2D eigenvalue weighted by molar-refractivity contribution is 1.18. The Morgan fingerprint density at radius 2 is 0.960 bits per heavy atom. The first-order valence-electron chi connectivity index (χ1n) is 16.4. The largest absolute Gasteiger partial charge is 0.309 e. The Kier molecular flexibility index (Phi) is 7.63. The molecule has 0 spiro atoms. The maximum absolute atomic E-state index is 11.0. The number of fused-ring (bicyclic) bond motifs is 3. The van der Waals surface area contributed by atoms with Gasteiger partial charge in [-0.3, -0.25) is 0 Å². The van der Waals surface area contributed by atoms with E-state index in [0.29, 0.717) is 16.7 Å². The van der Waals surface area contributed by atoms with Crippen LogP contribution in [-0.2, 0) is 0 Å². The van der Waals surface area contributed by atoms with Crippen molar-refractivity contribution in [1.82, 2.24) is 4.57 Å². The lowest BCUT2D eigenvalue weighted by Gasteiger charge is -2.37. The molecule has 1 heterocycles. The van der Waals surface area contributed by atoms with E-state index in [-0.39, 0.29) is 0 Å². The van der Waals surface area contributed by atoms with Crippen molar-refractivity contribution in [2.24, 2.45) is 0 Å². The van der Waals surface area contributed by atoms with E-state index in [1.807, 2.05) is 78.9 Å². The van der Waals surface area contributed by atoms with E-state index in [2.05, 4.69) is 114 Å². The Morgan fingerprint density at radius 3 is 1.56 bits per heavy atom. The van der Waals surface area contributed by atoms with Crippen molar-refractivity contribution in [2.75, 3.05) is 0 Å². The van der Waals surface area contributed by atoms with Crippen LogP contribution in [0.3, 0.4) is 0 Å². The van der Waals surface area contributed by atoms with E-state index in [4.69, 9.17) is 0 Å². The first kappa shape index (κ1) is 30.4. The molecule has 8 aromatic rings. The number of rotatable bonds is 6. The summed E-state index contributed by atoms with van der Waals surface area (Å²) in [6.45, 7) is 0. The zero-order chi connectivity index (χ0) is 34.1. The quantitative estimate of drug-likeness (QED) is 0.138. The molecule has 0 aliphatic heterocycles. The smallest absolute Gasteiger partial charge is 0.181 e. The van der Waals surface area contributed by atoms with Crippen LogP contribution in [0.25, 0.3) is 38.6 Å². The van der Waals surface area contributed by atoms with Crippen molar-refractivity contribution in [1.29, 1.82) is 15.8 Å². The maximum atomic E-state index is 11.0. The first-order chi connectivity index (χ1) is 24.7. The molecule has 0 N–H and O–H groups in total. The zero-order valence-corrected chi connectivity index (χ0v) is 28.0. The highest BCUT2D eigenvalue weighted by molar-refractivity contribution is 7.20. The summed E-state index contributed by atoms with van der Waals surface area (Å²) in [5.74, 6) is 0. The van der Waals surface area contributed by atoms with Crippen LogP contribution in [0.15, 0.2) is 170 Å². The van der Waals surface area contributed by atoms with E-state index in [1.54, 1.807) is 0 Å². The summed E-state index contributed by atoms with van der Waals surface area (Å²) in [6.07, 6.45) is 0. The maximum Gasteiger partial charge on any atom is 0.181 e. The van der Waals surface area contributed by atoms with Crippen molar-refractivity contribution in [3.63, 3.8) is 0 Å². The third-order valence-corrected chi connectivity index (χ3v) is 14.5. The van der Waals surface area contributed by atoms with E-state index in [0.717, 1.165) is 59.4 Å². The third-order valence-electron chi connectivity index (χ3n) is 9.64. The Bertz CT molecular complexity index is 2580. The highest BCUT2D eigenvalue weighted by atomic mass is 28.3. The fraction of sp³-hybridized carbons (Fsp3) is 0. The summed E-state index contributed by atoms with van der Waals surface area (Å²) in [5, 5.41) is 37.4. The molecule has 0 saturated carbocycles. The van der Waals surface area contributed by atoms with Gasteiger partial charge in [0.05, 0.1) is 51.6 Å². The molecular weight excluding hydrogens is 625 g/mol. The molecule has 50 heavy (non-hydrogen) atoms. The average Bonchev–Trinajstić information content (AvgIpc) is 3.52. The second kappa shape index (κ2) is 12.6. The molecule has 0 amide bonds. The predicted molar refractivity (Wildman–Crippen MR) is 204 cm³/mol. The van der Waals surface area contributed by atoms with Crippen LogP contribution < -0.4 is 20.7 Å². The number of para-hydroxylation sites is 1. The van der Waals surface area contributed by atoms with Crippen molar-refractivity contribution in [2.45, 2.75) is 0 Å².